The molecule has 2 N–H and O–H groups in total. The molecule has 0 radical (unpaired) electrons. The number of hydrogen-bond acceptors (Lipinski definition) is 4. The number of aryl methyl sites for hydroxylation is 1. The number of nitrogens with one attached hydrogen (secondary N) is 2. The van der Waals surface area contributed by atoms with Crippen LogP contribution in [-0.4, -0.2) is 43.0 Å². The summed E-state index contributed by atoms with van der Waals surface area (Å²) >= 11 is 0. The van der Waals surface area contributed by atoms with Crippen molar-refractivity contribution in [1.29, 1.82) is 0 Å². The van der Waals surface area contributed by atoms with Crippen molar-refractivity contribution in [2.45, 2.75) is 33.4 Å². The SMILES string of the molecule is CCn1c(-c2ccccc2F)nc2cc(NC(C)=O)cc(C(=O)N3CCc4[nH]ncc4C3)c21. The van der Waals surface area contributed by atoms with Crippen LogP contribution in [0.25, 0.3) is 22.4 Å². The van der Waals surface area contributed by atoms with E-state index in [0.29, 0.717) is 59.7 Å². The molecule has 0 saturated carbocycles. The number of halogens is 1. The highest BCUT2D eigenvalue weighted by Gasteiger charge is 2.27. The van der Waals surface area contributed by atoms with Gasteiger partial charge in [0.2, 0.25) is 5.91 Å². The lowest BCUT2D eigenvalue weighted by Crippen LogP contribution is -2.36. The normalized spacial score (nSPS) is 13.2. The number of anilines is 1. The first-order valence-electron chi connectivity index (χ1n) is 10.8. The van der Waals surface area contributed by atoms with Crippen molar-refractivity contribution in [1.82, 2.24) is 24.6 Å². The van der Waals surface area contributed by atoms with Crippen LogP contribution in [0, 0.1) is 5.82 Å². The van der Waals surface area contributed by atoms with Gasteiger partial charge in [0.15, 0.2) is 0 Å². The van der Waals surface area contributed by atoms with E-state index in [1.54, 1.807) is 41.4 Å². The van der Waals surface area contributed by atoms with Crippen LogP contribution in [0.1, 0.15) is 35.5 Å². The fraction of sp³-hybridized carbons (Fsp3) is 0.250. The highest BCUT2D eigenvalue weighted by molar-refractivity contribution is 6.08. The van der Waals surface area contributed by atoms with Crippen LogP contribution in [0.2, 0.25) is 0 Å². The van der Waals surface area contributed by atoms with Crippen LogP contribution < -0.4 is 5.32 Å². The summed E-state index contributed by atoms with van der Waals surface area (Å²) < 4.78 is 16.5. The smallest absolute Gasteiger partial charge is 0.256 e. The third kappa shape index (κ3) is 3.65. The molecular formula is C24H23FN6O2. The zero-order chi connectivity index (χ0) is 23.1. The van der Waals surface area contributed by atoms with Crippen LogP contribution in [0.5, 0.6) is 0 Å². The van der Waals surface area contributed by atoms with Gasteiger partial charge in [-0.05, 0) is 31.2 Å². The summed E-state index contributed by atoms with van der Waals surface area (Å²) in [6, 6.07) is 9.83. The Morgan fingerprint density at radius 1 is 1.24 bits per heavy atom. The maximum Gasteiger partial charge on any atom is 0.256 e. The second-order valence-corrected chi connectivity index (χ2v) is 8.08. The van der Waals surface area contributed by atoms with E-state index in [4.69, 9.17) is 0 Å². The number of amides is 2. The summed E-state index contributed by atoms with van der Waals surface area (Å²) in [7, 11) is 0. The molecule has 8 nitrogen and oxygen atoms in total. The lowest BCUT2D eigenvalue weighted by atomic mass is 10.1. The van der Waals surface area contributed by atoms with E-state index < -0.39 is 0 Å². The van der Waals surface area contributed by atoms with Crippen molar-refractivity contribution in [2.75, 3.05) is 11.9 Å². The van der Waals surface area contributed by atoms with Crippen LogP contribution in [0.15, 0.2) is 42.6 Å². The Kier molecular flexibility index (Phi) is 5.16. The van der Waals surface area contributed by atoms with Gasteiger partial charge in [-0.3, -0.25) is 14.7 Å². The maximum atomic E-state index is 14.6. The van der Waals surface area contributed by atoms with Crippen molar-refractivity contribution in [3.63, 3.8) is 0 Å². The van der Waals surface area contributed by atoms with Gasteiger partial charge in [0.1, 0.15) is 11.6 Å². The number of aromatic nitrogens is 4. The molecule has 0 saturated heterocycles. The topological polar surface area (TPSA) is 95.9 Å². The molecule has 1 aliphatic rings. The summed E-state index contributed by atoms with van der Waals surface area (Å²) in [5.74, 6) is -0.372. The summed E-state index contributed by atoms with van der Waals surface area (Å²) in [6.07, 6.45) is 2.42. The highest BCUT2D eigenvalue weighted by atomic mass is 19.1. The van der Waals surface area contributed by atoms with Gasteiger partial charge in [0.25, 0.3) is 5.91 Å². The minimum Gasteiger partial charge on any atom is -0.334 e. The maximum absolute atomic E-state index is 14.6. The largest absolute Gasteiger partial charge is 0.334 e. The number of aromatic amines is 1. The lowest BCUT2D eigenvalue weighted by Gasteiger charge is -2.27. The molecule has 9 heteroatoms. The highest BCUT2D eigenvalue weighted by Crippen LogP contribution is 2.32. The number of fused-ring (bicyclic) bond motifs is 2. The van der Waals surface area contributed by atoms with Crippen molar-refractivity contribution in [2.24, 2.45) is 0 Å². The van der Waals surface area contributed by atoms with Crippen LogP contribution >= 0.6 is 0 Å². The molecule has 0 fully saturated rings. The van der Waals surface area contributed by atoms with Gasteiger partial charge in [-0.2, -0.15) is 5.10 Å². The third-order valence-electron chi connectivity index (χ3n) is 5.91. The zero-order valence-corrected chi connectivity index (χ0v) is 18.4. The zero-order valence-electron chi connectivity index (χ0n) is 18.4. The van der Waals surface area contributed by atoms with Gasteiger partial charge in [0, 0.05) is 49.9 Å². The second-order valence-electron chi connectivity index (χ2n) is 8.08. The molecule has 33 heavy (non-hydrogen) atoms. The van der Waals surface area contributed by atoms with Gasteiger partial charge in [-0.1, -0.05) is 12.1 Å². The molecule has 0 atom stereocenters. The Labute approximate surface area is 189 Å². The lowest BCUT2D eigenvalue weighted by molar-refractivity contribution is -0.114. The van der Waals surface area contributed by atoms with Crippen LogP contribution in [-0.2, 0) is 24.3 Å². The number of nitrogens with zero attached hydrogens (tertiary/aromatic N) is 4. The summed E-state index contributed by atoms with van der Waals surface area (Å²) in [6.45, 7) is 4.81. The molecule has 0 unspecified atom stereocenters. The predicted octanol–water partition coefficient (Wildman–Crippen LogP) is 3.74. The quantitative estimate of drug-likeness (QED) is 0.499. The van der Waals surface area contributed by atoms with Gasteiger partial charge in [-0.25, -0.2) is 9.37 Å². The van der Waals surface area contributed by atoms with E-state index in [1.807, 2.05) is 11.5 Å². The fourth-order valence-corrected chi connectivity index (χ4v) is 4.43. The van der Waals surface area contributed by atoms with E-state index in [2.05, 4.69) is 20.5 Å². The summed E-state index contributed by atoms with van der Waals surface area (Å²) in [5.41, 5.74) is 4.41. The molecule has 1 aliphatic heterocycles. The number of carbonyl (C=O) groups is 2. The minimum absolute atomic E-state index is 0.172. The first kappa shape index (κ1) is 20.9. The Hall–Kier alpha value is -4.01. The Bertz CT molecular complexity index is 1390. The van der Waals surface area contributed by atoms with Crippen molar-refractivity contribution in [3.8, 4) is 11.4 Å². The average molecular weight is 446 g/mol. The molecular weight excluding hydrogens is 423 g/mol. The van der Waals surface area contributed by atoms with Crippen molar-refractivity contribution < 1.29 is 14.0 Å². The Balaban J connectivity index is 1.68. The monoisotopic (exact) mass is 446 g/mol. The summed E-state index contributed by atoms with van der Waals surface area (Å²) in [4.78, 5) is 31.9. The third-order valence-corrected chi connectivity index (χ3v) is 5.91. The molecule has 2 aromatic heterocycles. The van der Waals surface area contributed by atoms with E-state index in [1.165, 1.54) is 13.0 Å². The number of imidazole rings is 1. The van der Waals surface area contributed by atoms with E-state index in [0.717, 1.165) is 11.3 Å². The van der Waals surface area contributed by atoms with E-state index in [-0.39, 0.29) is 17.6 Å². The first-order chi connectivity index (χ1) is 16.0. The Morgan fingerprint density at radius 3 is 2.82 bits per heavy atom. The molecule has 168 valence electrons. The van der Waals surface area contributed by atoms with Gasteiger partial charge in [-0.15, -0.1) is 0 Å². The standard InChI is InChI=1S/C24H23FN6O2/c1-3-31-22-18(24(33)30-9-8-20-15(13-30)12-26-29-20)10-16(27-14(2)32)11-21(22)28-23(31)17-6-4-5-7-19(17)25/h4-7,10-12H,3,8-9,13H2,1-2H3,(H,26,29)(H,27,32). The molecule has 3 heterocycles. The second kappa shape index (κ2) is 8.16. The van der Waals surface area contributed by atoms with Crippen molar-refractivity contribution in [3.05, 3.63) is 65.2 Å². The minimum atomic E-state index is -0.388. The summed E-state index contributed by atoms with van der Waals surface area (Å²) in [5, 5.41) is 9.81. The first-order valence-corrected chi connectivity index (χ1v) is 10.8. The number of hydrogen-bond donors (Lipinski definition) is 2. The van der Waals surface area contributed by atoms with Gasteiger partial charge >= 0.3 is 0 Å². The fourth-order valence-electron chi connectivity index (χ4n) is 4.43. The number of carbonyl (C=O) groups excluding carboxylic acids is 2. The number of H-pyrrole nitrogens is 1. The molecule has 0 bridgehead atoms. The van der Waals surface area contributed by atoms with E-state index in [9.17, 15) is 14.0 Å². The van der Waals surface area contributed by atoms with E-state index >= 15 is 0 Å². The molecule has 0 spiro atoms. The molecule has 0 aliphatic carbocycles. The predicted molar refractivity (Wildman–Crippen MR) is 122 cm³/mol. The van der Waals surface area contributed by atoms with Crippen LogP contribution in [0.3, 0.4) is 0 Å². The number of rotatable bonds is 4. The molecule has 4 aromatic rings. The Morgan fingerprint density at radius 2 is 2.06 bits per heavy atom. The van der Waals surface area contributed by atoms with Crippen molar-refractivity contribution >= 4 is 28.5 Å². The molecule has 5 rings (SSSR count). The molecule has 2 aromatic carbocycles. The van der Waals surface area contributed by atoms with Crippen LogP contribution in [0.4, 0.5) is 10.1 Å². The number of benzene rings is 2. The molecule has 2 amide bonds. The van der Waals surface area contributed by atoms with Gasteiger partial charge in [0.05, 0.1) is 28.4 Å². The van der Waals surface area contributed by atoms with Gasteiger partial charge < -0.3 is 14.8 Å². The average Bonchev–Trinajstić information content (AvgIpc) is 3.41.